The zero-order valence-corrected chi connectivity index (χ0v) is 21.6. The molecule has 0 N–H and O–H groups in total. The van der Waals surface area contributed by atoms with Crippen LogP contribution in [0.2, 0.25) is 0 Å². The molecular weight excluding hydrogens is 432 g/mol. The quantitative estimate of drug-likeness (QED) is 0.176. The molecule has 4 heteroatoms. The van der Waals surface area contributed by atoms with Gasteiger partial charge in [-0.3, -0.25) is 14.2 Å². The topological polar surface area (TPSA) is 52.0 Å². The summed E-state index contributed by atoms with van der Waals surface area (Å²) in [7, 11) is 0. The number of hydrogen-bond donors (Lipinski definition) is 0. The fourth-order valence-corrected chi connectivity index (χ4v) is 5.22. The lowest BCUT2D eigenvalue weighted by Gasteiger charge is -2.08. The molecule has 0 atom stereocenters. The van der Waals surface area contributed by atoms with Gasteiger partial charge in [0.2, 0.25) is 5.78 Å². The van der Waals surface area contributed by atoms with E-state index in [0.29, 0.717) is 22.2 Å². The Hall–Kier alpha value is -2.75. The van der Waals surface area contributed by atoms with Crippen molar-refractivity contribution >= 4 is 16.7 Å². The van der Waals surface area contributed by atoms with Crippen LogP contribution in [-0.4, -0.2) is 15.3 Å². The maximum absolute atomic E-state index is 13.5. The van der Waals surface area contributed by atoms with Crippen molar-refractivity contribution in [2.24, 2.45) is 0 Å². The van der Waals surface area contributed by atoms with E-state index in [2.05, 4.69) is 31.0 Å². The first kappa shape index (κ1) is 25.3. The Morgan fingerprint density at radius 2 is 1.26 bits per heavy atom. The number of nitrogens with zero attached hydrogens (tertiary/aromatic N) is 2. The summed E-state index contributed by atoms with van der Waals surface area (Å²) in [4.78, 5) is 31.3. The van der Waals surface area contributed by atoms with Crippen LogP contribution in [0, 0.1) is 0 Å². The second-order valence-corrected chi connectivity index (χ2v) is 10.1. The van der Waals surface area contributed by atoms with E-state index in [4.69, 9.17) is 0 Å². The molecule has 0 spiro atoms. The Bertz CT molecular complexity index is 1220. The molecule has 3 aromatic rings. The van der Waals surface area contributed by atoms with Crippen LogP contribution in [0.1, 0.15) is 118 Å². The van der Waals surface area contributed by atoms with E-state index in [1.165, 1.54) is 79.9 Å². The van der Waals surface area contributed by atoms with Crippen LogP contribution in [0.15, 0.2) is 41.2 Å². The predicted octanol–water partition coefficient (Wildman–Crippen LogP) is 7.74. The molecule has 4 nitrogen and oxygen atoms in total. The van der Waals surface area contributed by atoms with Gasteiger partial charge in [-0.1, -0.05) is 90.2 Å². The van der Waals surface area contributed by atoms with Crippen molar-refractivity contribution in [3.8, 4) is 5.69 Å². The summed E-state index contributed by atoms with van der Waals surface area (Å²) in [5, 5.41) is 0.606. The zero-order valence-electron chi connectivity index (χ0n) is 21.6. The standard InChI is InChI=1S/C31H40N2O2/c1-3-5-7-9-11-13-15-23-17-19-27-25(21-23)31(35)33-28-20-18-24(16-14-12-10-8-6-4-2)22-26(28)29(34)30(33)32-27/h17-22H,3-16H2,1-2H3. The van der Waals surface area contributed by atoms with Gasteiger partial charge in [0.05, 0.1) is 22.2 Å². The minimum atomic E-state index is -0.139. The molecule has 0 saturated heterocycles. The van der Waals surface area contributed by atoms with Gasteiger partial charge in [0, 0.05) is 0 Å². The highest BCUT2D eigenvalue weighted by Gasteiger charge is 2.30. The maximum Gasteiger partial charge on any atom is 0.266 e. The van der Waals surface area contributed by atoms with Crippen LogP contribution in [-0.2, 0) is 12.8 Å². The lowest BCUT2D eigenvalue weighted by molar-refractivity contribution is 0.103. The van der Waals surface area contributed by atoms with Crippen molar-refractivity contribution in [1.82, 2.24) is 9.55 Å². The largest absolute Gasteiger partial charge is 0.285 e. The number of benzene rings is 2. The van der Waals surface area contributed by atoms with Gasteiger partial charge >= 0.3 is 0 Å². The van der Waals surface area contributed by atoms with Crippen molar-refractivity contribution in [1.29, 1.82) is 0 Å². The molecule has 4 rings (SSSR count). The SMILES string of the molecule is CCCCCCCCc1ccc2c(c1)C(=O)c1nc3ccc(CCCCCCCC)cc3c(=O)n1-2. The van der Waals surface area contributed by atoms with Crippen molar-refractivity contribution < 1.29 is 4.79 Å². The average molecular weight is 473 g/mol. The predicted molar refractivity (Wildman–Crippen MR) is 145 cm³/mol. The van der Waals surface area contributed by atoms with Crippen LogP contribution in [0.25, 0.3) is 16.6 Å². The summed E-state index contributed by atoms with van der Waals surface area (Å²) in [6, 6.07) is 11.9. The van der Waals surface area contributed by atoms with Gasteiger partial charge in [-0.25, -0.2) is 4.98 Å². The summed E-state index contributed by atoms with van der Waals surface area (Å²) in [5.41, 5.74) is 4.11. The minimum Gasteiger partial charge on any atom is -0.285 e. The second-order valence-electron chi connectivity index (χ2n) is 10.1. The number of fused-ring (bicyclic) bond motifs is 4. The first-order valence-electron chi connectivity index (χ1n) is 13.9. The van der Waals surface area contributed by atoms with Crippen LogP contribution >= 0.6 is 0 Å². The molecule has 35 heavy (non-hydrogen) atoms. The third kappa shape index (κ3) is 5.91. The molecule has 186 valence electrons. The Kier molecular flexibility index (Phi) is 8.90. The van der Waals surface area contributed by atoms with E-state index in [9.17, 15) is 9.59 Å². The molecule has 0 saturated carbocycles. The molecule has 0 radical (unpaired) electrons. The lowest BCUT2D eigenvalue weighted by atomic mass is 10.0. The molecule has 1 aliphatic heterocycles. The number of ketones is 1. The van der Waals surface area contributed by atoms with Crippen LogP contribution in [0.5, 0.6) is 0 Å². The average Bonchev–Trinajstić information content (AvgIpc) is 3.15. The molecular formula is C31H40N2O2. The molecule has 0 aliphatic carbocycles. The Balaban J connectivity index is 1.49. The summed E-state index contributed by atoms with van der Waals surface area (Å²) < 4.78 is 1.53. The summed E-state index contributed by atoms with van der Waals surface area (Å²) in [6.45, 7) is 4.47. The maximum atomic E-state index is 13.5. The van der Waals surface area contributed by atoms with Gasteiger partial charge in [-0.2, -0.15) is 0 Å². The third-order valence-corrected chi connectivity index (χ3v) is 7.32. The highest BCUT2D eigenvalue weighted by molar-refractivity contribution is 6.13. The van der Waals surface area contributed by atoms with Crippen molar-refractivity contribution in [2.45, 2.75) is 104 Å². The molecule has 2 heterocycles. The molecule has 1 aromatic heterocycles. The Morgan fingerprint density at radius 1 is 0.686 bits per heavy atom. The first-order chi connectivity index (χ1) is 17.1. The fourth-order valence-electron chi connectivity index (χ4n) is 5.22. The first-order valence-corrected chi connectivity index (χ1v) is 13.9. The Morgan fingerprint density at radius 3 is 1.91 bits per heavy atom. The van der Waals surface area contributed by atoms with Gasteiger partial charge in [0.15, 0.2) is 5.82 Å². The van der Waals surface area contributed by atoms with Crippen LogP contribution in [0.3, 0.4) is 0 Å². The van der Waals surface area contributed by atoms with Gasteiger partial charge < -0.3 is 0 Å². The van der Waals surface area contributed by atoms with Gasteiger partial charge in [-0.15, -0.1) is 0 Å². The molecule has 0 amide bonds. The van der Waals surface area contributed by atoms with Crippen LogP contribution in [0.4, 0.5) is 0 Å². The molecule has 0 fully saturated rings. The highest BCUT2D eigenvalue weighted by Crippen LogP contribution is 2.28. The van der Waals surface area contributed by atoms with Crippen molar-refractivity contribution in [3.05, 3.63) is 69.3 Å². The van der Waals surface area contributed by atoms with Gasteiger partial charge in [0.25, 0.3) is 5.56 Å². The van der Waals surface area contributed by atoms with E-state index < -0.39 is 0 Å². The van der Waals surface area contributed by atoms with E-state index in [-0.39, 0.29) is 17.2 Å². The van der Waals surface area contributed by atoms with Crippen LogP contribution < -0.4 is 5.56 Å². The fraction of sp³-hybridized carbons (Fsp3) is 0.516. The van der Waals surface area contributed by atoms with Crippen molar-refractivity contribution in [2.75, 3.05) is 0 Å². The number of carbonyl (C=O) groups excluding carboxylic acids is 1. The van der Waals surface area contributed by atoms with E-state index in [1.807, 2.05) is 24.3 Å². The molecule has 0 unspecified atom stereocenters. The number of rotatable bonds is 14. The number of aromatic nitrogens is 2. The molecule has 0 bridgehead atoms. The third-order valence-electron chi connectivity index (χ3n) is 7.32. The Labute approximate surface area is 209 Å². The highest BCUT2D eigenvalue weighted by atomic mass is 16.1. The summed E-state index contributed by atoms with van der Waals surface area (Å²) >= 11 is 0. The van der Waals surface area contributed by atoms with Gasteiger partial charge in [-0.05, 0) is 61.1 Å². The molecule has 1 aliphatic rings. The normalized spacial score (nSPS) is 12.3. The second kappa shape index (κ2) is 12.3. The summed E-state index contributed by atoms with van der Waals surface area (Å²) in [6.07, 6.45) is 17.0. The van der Waals surface area contributed by atoms with E-state index in [1.54, 1.807) is 0 Å². The minimum absolute atomic E-state index is 0.134. The van der Waals surface area contributed by atoms with Crippen molar-refractivity contribution in [3.63, 3.8) is 0 Å². The number of aryl methyl sites for hydroxylation is 2. The smallest absolute Gasteiger partial charge is 0.266 e. The number of carbonyl (C=O) groups is 1. The monoisotopic (exact) mass is 472 g/mol. The number of unbranched alkanes of at least 4 members (excludes halogenated alkanes) is 10. The number of hydrogen-bond acceptors (Lipinski definition) is 3. The molecule has 2 aromatic carbocycles. The van der Waals surface area contributed by atoms with E-state index in [0.717, 1.165) is 25.7 Å². The zero-order chi connectivity index (χ0) is 24.6. The summed E-state index contributed by atoms with van der Waals surface area (Å²) in [5.74, 6) is 0.109. The van der Waals surface area contributed by atoms with Gasteiger partial charge in [0.1, 0.15) is 0 Å². The lowest BCUT2D eigenvalue weighted by Crippen LogP contribution is -2.21. The van der Waals surface area contributed by atoms with E-state index >= 15 is 0 Å².